The lowest BCUT2D eigenvalue weighted by molar-refractivity contribution is 0.0306. The maximum atomic E-state index is 12.9. The number of carbonyl (C=O) groups excluding carboxylic acids is 1. The van der Waals surface area contributed by atoms with Crippen molar-refractivity contribution in [1.29, 1.82) is 0 Å². The lowest BCUT2D eigenvalue weighted by Gasteiger charge is -2.26. The SMILES string of the molecule is Cc1c(C(=O)N2CCOCC2)sc2nc3n(c(=O)c12)CCCCC3. The van der Waals surface area contributed by atoms with Gasteiger partial charge in [-0.25, -0.2) is 4.98 Å². The number of morpholine rings is 1. The maximum absolute atomic E-state index is 12.9. The molecule has 0 spiro atoms. The summed E-state index contributed by atoms with van der Waals surface area (Å²) in [5.74, 6) is 0.870. The van der Waals surface area contributed by atoms with Gasteiger partial charge in [0.05, 0.1) is 23.5 Å². The predicted molar refractivity (Wildman–Crippen MR) is 92.9 cm³/mol. The molecule has 0 unspecified atom stereocenters. The smallest absolute Gasteiger partial charge is 0.264 e. The summed E-state index contributed by atoms with van der Waals surface area (Å²) in [5, 5.41) is 0.627. The maximum Gasteiger partial charge on any atom is 0.264 e. The number of thiophene rings is 1. The van der Waals surface area contributed by atoms with Crippen LogP contribution < -0.4 is 5.56 Å². The third-order valence-corrected chi connectivity index (χ3v) is 6.08. The van der Waals surface area contributed by atoms with Gasteiger partial charge in [0.15, 0.2) is 0 Å². The second-order valence-electron chi connectivity index (χ2n) is 6.44. The number of fused-ring (bicyclic) bond motifs is 2. The summed E-state index contributed by atoms with van der Waals surface area (Å²) < 4.78 is 7.13. The summed E-state index contributed by atoms with van der Waals surface area (Å²) in [5.41, 5.74) is 0.801. The Bertz CT molecular complexity index is 849. The van der Waals surface area contributed by atoms with Crippen LogP contribution in [0.4, 0.5) is 0 Å². The van der Waals surface area contributed by atoms with Crippen LogP contribution in [0.5, 0.6) is 0 Å². The number of nitrogens with zero attached hydrogens (tertiary/aromatic N) is 3. The van der Waals surface area contributed by atoms with Gasteiger partial charge in [0.1, 0.15) is 10.7 Å². The molecule has 1 fully saturated rings. The zero-order chi connectivity index (χ0) is 16.7. The van der Waals surface area contributed by atoms with Gasteiger partial charge in [-0.15, -0.1) is 11.3 Å². The molecule has 1 amide bonds. The Morgan fingerprint density at radius 1 is 1.17 bits per heavy atom. The van der Waals surface area contributed by atoms with Crippen LogP contribution >= 0.6 is 11.3 Å². The minimum absolute atomic E-state index is 0.00149. The van der Waals surface area contributed by atoms with E-state index in [1.807, 2.05) is 16.4 Å². The van der Waals surface area contributed by atoms with Crippen molar-refractivity contribution in [1.82, 2.24) is 14.5 Å². The standard InChI is InChI=1S/C17H21N3O3S/c1-11-13-15(18-12-5-3-2-4-6-20(12)16(13)21)24-14(11)17(22)19-7-9-23-10-8-19/h2-10H2,1H3. The molecule has 2 aromatic rings. The molecule has 0 saturated carbocycles. The number of aryl methyl sites for hydroxylation is 2. The Hall–Kier alpha value is -1.73. The summed E-state index contributed by atoms with van der Waals surface area (Å²) in [6.07, 6.45) is 4.07. The van der Waals surface area contributed by atoms with E-state index in [1.165, 1.54) is 11.3 Å². The molecule has 4 heterocycles. The highest BCUT2D eigenvalue weighted by Crippen LogP contribution is 2.29. The summed E-state index contributed by atoms with van der Waals surface area (Å²) in [4.78, 5) is 33.7. The second kappa shape index (κ2) is 6.29. The quantitative estimate of drug-likeness (QED) is 0.791. The number of amides is 1. The van der Waals surface area contributed by atoms with Crippen LogP contribution in [0.25, 0.3) is 10.2 Å². The molecule has 0 radical (unpaired) electrons. The van der Waals surface area contributed by atoms with Crippen LogP contribution in [0.1, 0.15) is 40.3 Å². The zero-order valence-corrected chi connectivity index (χ0v) is 14.7. The Kier molecular flexibility index (Phi) is 4.14. The first-order valence-electron chi connectivity index (χ1n) is 8.56. The first-order chi connectivity index (χ1) is 11.7. The third-order valence-electron chi connectivity index (χ3n) is 4.90. The van der Waals surface area contributed by atoms with Crippen LogP contribution in [0.2, 0.25) is 0 Å². The Balaban J connectivity index is 1.81. The van der Waals surface area contributed by atoms with E-state index in [1.54, 1.807) is 0 Å². The number of carbonyl (C=O) groups is 1. The number of rotatable bonds is 1. The molecule has 7 heteroatoms. The second-order valence-corrected chi connectivity index (χ2v) is 7.44. The minimum Gasteiger partial charge on any atom is -0.378 e. The molecular weight excluding hydrogens is 326 g/mol. The van der Waals surface area contributed by atoms with Crippen molar-refractivity contribution in [2.45, 2.75) is 39.2 Å². The number of hydrogen-bond donors (Lipinski definition) is 0. The van der Waals surface area contributed by atoms with Crippen LogP contribution in [0.3, 0.4) is 0 Å². The van der Waals surface area contributed by atoms with Crippen molar-refractivity contribution >= 4 is 27.5 Å². The molecule has 2 aliphatic rings. The van der Waals surface area contributed by atoms with Crippen LogP contribution in [-0.4, -0.2) is 46.7 Å². The fourth-order valence-electron chi connectivity index (χ4n) is 3.52. The molecule has 128 valence electrons. The van der Waals surface area contributed by atoms with Gasteiger partial charge in [-0.1, -0.05) is 6.42 Å². The summed E-state index contributed by atoms with van der Waals surface area (Å²) >= 11 is 1.36. The third kappa shape index (κ3) is 2.56. The molecule has 6 nitrogen and oxygen atoms in total. The monoisotopic (exact) mass is 347 g/mol. The van der Waals surface area contributed by atoms with E-state index in [0.717, 1.165) is 43.6 Å². The Morgan fingerprint density at radius 2 is 1.96 bits per heavy atom. The van der Waals surface area contributed by atoms with Gasteiger partial charge in [0, 0.05) is 26.1 Å². The zero-order valence-electron chi connectivity index (χ0n) is 13.8. The molecule has 0 bridgehead atoms. The highest BCUT2D eigenvalue weighted by molar-refractivity contribution is 7.20. The van der Waals surface area contributed by atoms with E-state index in [2.05, 4.69) is 0 Å². The lowest BCUT2D eigenvalue weighted by atomic mass is 10.2. The van der Waals surface area contributed by atoms with Crippen molar-refractivity contribution in [3.05, 3.63) is 26.6 Å². The molecular formula is C17H21N3O3S. The average Bonchev–Trinajstić information content (AvgIpc) is 2.78. The molecule has 0 atom stereocenters. The Labute approximate surface area is 144 Å². The van der Waals surface area contributed by atoms with E-state index in [-0.39, 0.29) is 11.5 Å². The van der Waals surface area contributed by atoms with Crippen molar-refractivity contribution < 1.29 is 9.53 Å². The highest BCUT2D eigenvalue weighted by Gasteiger charge is 2.26. The summed E-state index contributed by atoms with van der Waals surface area (Å²) in [7, 11) is 0. The fraction of sp³-hybridized carbons (Fsp3) is 0.588. The minimum atomic E-state index is -0.00149. The van der Waals surface area contributed by atoms with E-state index in [9.17, 15) is 9.59 Å². The molecule has 1 saturated heterocycles. The van der Waals surface area contributed by atoms with E-state index < -0.39 is 0 Å². The topological polar surface area (TPSA) is 64.4 Å². The van der Waals surface area contributed by atoms with Gasteiger partial charge in [0.25, 0.3) is 11.5 Å². The fourth-order valence-corrected chi connectivity index (χ4v) is 4.68. The molecule has 4 rings (SSSR count). The van der Waals surface area contributed by atoms with Crippen LogP contribution in [-0.2, 0) is 17.7 Å². The molecule has 0 aliphatic carbocycles. The molecule has 2 aliphatic heterocycles. The predicted octanol–water partition coefficient (Wildman–Crippen LogP) is 1.97. The largest absolute Gasteiger partial charge is 0.378 e. The van der Waals surface area contributed by atoms with Crippen molar-refractivity contribution in [2.24, 2.45) is 0 Å². The van der Waals surface area contributed by atoms with Gasteiger partial charge < -0.3 is 9.64 Å². The first-order valence-corrected chi connectivity index (χ1v) is 9.38. The van der Waals surface area contributed by atoms with Gasteiger partial charge in [-0.05, 0) is 25.3 Å². The highest BCUT2D eigenvalue weighted by atomic mass is 32.1. The van der Waals surface area contributed by atoms with Gasteiger partial charge in [-0.2, -0.15) is 0 Å². The molecule has 24 heavy (non-hydrogen) atoms. The lowest BCUT2D eigenvalue weighted by Crippen LogP contribution is -2.40. The van der Waals surface area contributed by atoms with Gasteiger partial charge in [-0.3, -0.25) is 14.2 Å². The van der Waals surface area contributed by atoms with Crippen LogP contribution in [0, 0.1) is 6.92 Å². The Morgan fingerprint density at radius 3 is 2.75 bits per heavy atom. The number of ether oxygens (including phenoxy) is 1. The normalized spacial score (nSPS) is 18.5. The van der Waals surface area contributed by atoms with E-state index in [4.69, 9.17) is 9.72 Å². The summed E-state index contributed by atoms with van der Waals surface area (Å²) in [6.45, 7) is 4.97. The van der Waals surface area contributed by atoms with Gasteiger partial charge >= 0.3 is 0 Å². The van der Waals surface area contributed by atoms with Crippen molar-refractivity contribution in [2.75, 3.05) is 26.3 Å². The van der Waals surface area contributed by atoms with E-state index >= 15 is 0 Å². The van der Waals surface area contributed by atoms with Crippen LogP contribution in [0.15, 0.2) is 4.79 Å². The molecule has 0 N–H and O–H groups in total. The number of hydrogen-bond acceptors (Lipinski definition) is 5. The molecule has 2 aromatic heterocycles. The van der Waals surface area contributed by atoms with Crippen molar-refractivity contribution in [3.8, 4) is 0 Å². The molecule has 0 aromatic carbocycles. The van der Waals surface area contributed by atoms with Crippen molar-refractivity contribution in [3.63, 3.8) is 0 Å². The van der Waals surface area contributed by atoms with Gasteiger partial charge in [0.2, 0.25) is 0 Å². The van der Waals surface area contributed by atoms with E-state index in [0.29, 0.717) is 41.4 Å². The first kappa shape index (κ1) is 15.8. The average molecular weight is 347 g/mol. The summed E-state index contributed by atoms with van der Waals surface area (Å²) in [6, 6.07) is 0. The number of aromatic nitrogens is 2.